The highest BCUT2D eigenvalue weighted by Gasteiger charge is 2.29. The Hall–Kier alpha value is -2.24. The zero-order valence-electron chi connectivity index (χ0n) is 12.8. The van der Waals surface area contributed by atoms with Crippen LogP contribution in [0, 0.1) is 0 Å². The van der Waals surface area contributed by atoms with Gasteiger partial charge in [0.25, 0.3) is 0 Å². The summed E-state index contributed by atoms with van der Waals surface area (Å²) in [6.45, 7) is 0.0533. The van der Waals surface area contributed by atoms with Crippen molar-refractivity contribution in [1.29, 1.82) is 0 Å². The SMILES string of the molecule is CN(C(=O)OCc1ccccc1)C(C(=O)O)c1ccc(Cl)c(Cl)c1. The van der Waals surface area contributed by atoms with Gasteiger partial charge < -0.3 is 9.84 Å². The van der Waals surface area contributed by atoms with Gasteiger partial charge in [0, 0.05) is 7.05 Å². The fourth-order valence-corrected chi connectivity index (χ4v) is 2.45. The van der Waals surface area contributed by atoms with Crippen molar-refractivity contribution in [2.75, 3.05) is 7.05 Å². The van der Waals surface area contributed by atoms with E-state index in [0.29, 0.717) is 10.6 Å². The van der Waals surface area contributed by atoms with Gasteiger partial charge >= 0.3 is 12.1 Å². The zero-order valence-corrected chi connectivity index (χ0v) is 14.3. The average molecular weight is 368 g/mol. The third kappa shape index (κ3) is 4.40. The van der Waals surface area contributed by atoms with Crippen LogP contribution in [-0.2, 0) is 16.1 Å². The number of carbonyl (C=O) groups excluding carboxylic acids is 1. The number of hydrogen-bond acceptors (Lipinski definition) is 3. The lowest BCUT2D eigenvalue weighted by Gasteiger charge is -2.24. The van der Waals surface area contributed by atoms with Gasteiger partial charge in [0.2, 0.25) is 0 Å². The third-order valence-electron chi connectivity index (χ3n) is 3.37. The topological polar surface area (TPSA) is 66.8 Å². The van der Waals surface area contributed by atoms with Crippen LogP contribution in [0.2, 0.25) is 10.0 Å². The van der Waals surface area contributed by atoms with Crippen LogP contribution in [-0.4, -0.2) is 29.1 Å². The Morgan fingerprint density at radius 3 is 2.38 bits per heavy atom. The van der Waals surface area contributed by atoms with Gasteiger partial charge in [-0.05, 0) is 23.3 Å². The summed E-state index contributed by atoms with van der Waals surface area (Å²) in [6, 6.07) is 12.3. The molecule has 2 rings (SSSR count). The van der Waals surface area contributed by atoms with Crippen molar-refractivity contribution in [3.05, 3.63) is 69.7 Å². The van der Waals surface area contributed by atoms with Crippen LogP contribution in [0.4, 0.5) is 4.79 Å². The second-order valence-electron chi connectivity index (χ2n) is 5.07. The number of hydrogen-bond donors (Lipinski definition) is 1. The van der Waals surface area contributed by atoms with Gasteiger partial charge in [0.15, 0.2) is 6.04 Å². The number of rotatable bonds is 5. The predicted molar refractivity (Wildman–Crippen MR) is 91.2 cm³/mol. The van der Waals surface area contributed by atoms with Crippen LogP contribution < -0.4 is 0 Å². The van der Waals surface area contributed by atoms with E-state index >= 15 is 0 Å². The van der Waals surface area contributed by atoms with Crippen molar-refractivity contribution in [3.8, 4) is 0 Å². The maximum absolute atomic E-state index is 12.2. The van der Waals surface area contributed by atoms with Crippen LogP contribution in [0.1, 0.15) is 17.2 Å². The molecule has 126 valence electrons. The molecule has 0 heterocycles. The standard InChI is InChI=1S/C17H15Cl2NO4/c1-20(17(23)24-10-11-5-3-2-4-6-11)15(16(21)22)12-7-8-13(18)14(19)9-12/h2-9,15H,10H2,1H3,(H,21,22). The first-order chi connectivity index (χ1) is 11.4. The Morgan fingerprint density at radius 2 is 1.79 bits per heavy atom. The molecule has 0 saturated heterocycles. The summed E-state index contributed by atoms with van der Waals surface area (Å²) in [5.74, 6) is -1.20. The summed E-state index contributed by atoms with van der Waals surface area (Å²) in [5.41, 5.74) is 1.14. The largest absolute Gasteiger partial charge is 0.479 e. The van der Waals surface area contributed by atoms with Crippen LogP contribution >= 0.6 is 23.2 Å². The number of carboxylic acids is 1. The smallest absolute Gasteiger partial charge is 0.410 e. The molecule has 1 N–H and O–H groups in total. The van der Waals surface area contributed by atoms with E-state index in [9.17, 15) is 14.7 Å². The number of likely N-dealkylation sites (N-methyl/N-ethyl adjacent to an activating group) is 1. The Bertz CT molecular complexity index is 737. The van der Waals surface area contributed by atoms with Gasteiger partial charge in [0.1, 0.15) is 6.61 Å². The molecule has 0 aliphatic carbocycles. The van der Waals surface area contributed by atoms with E-state index < -0.39 is 18.1 Å². The first-order valence-electron chi connectivity index (χ1n) is 7.01. The number of nitrogens with zero attached hydrogens (tertiary/aromatic N) is 1. The van der Waals surface area contributed by atoms with E-state index in [1.807, 2.05) is 18.2 Å². The second-order valence-corrected chi connectivity index (χ2v) is 5.88. The number of carbonyl (C=O) groups is 2. The van der Waals surface area contributed by atoms with E-state index in [1.165, 1.54) is 25.2 Å². The molecule has 2 aromatic rings. The number of benzene rings is 2. The molecule has 1 atom stereocenters. The normalized spacial score (nSPS) is 11.6. The van der Waals surface area contributed by atoms with Crippen molar-refractivity contribution in [2.45, 2.75) is 12.6 Å². The van der Waals surface area contributed by atoms with Crippen molar-refractivity contribution >= 4 is 35.3 Å². The molecule has 0 radical (unpaired) electrons. The summed E-state index contributed by atoms with van der Waals surface area (Å²) in [4.78, 5) is 24.8. The van der Waals surface area contributed by atoms with Crippen molar-refractivity contribution in [3.63, 3.8) is 0 Å². The van der Waals surface area contributed by atoms with E-state index in [-0.39, 0.29) is 11.6 Å². The monoisotopic (exact) mass is 367 g/mol. The summed E-state index contributed by atoms with van der Waals surface area (Å²) in [5, 5.41) is 9.98. The highest BCUT2D eigenvalue weighted by Crippen LogP contribution is 2.28. The molecule has 0 saturated carbocycles. The predicted octanol–water partition coefficient (Wildman–Crippen LogP) is 4.39. The van der Waals surface area contributed by atoms with E-state index in [0.717, 1.165) is 10.5 Å². The van der Waals surface area contributed by atoms with E-state index in [4.69, 9.17) is 27.9 Å². The molecule has 0 aliphatic rings. The summed E-state index contributed by atoms with van der Waals surface area (Å²) in [6.07, 6.45) is -0.752. The number of aliphatic carboxylic acids is 1. The molecule has 0 aromatic heterocycles. The lowest BCUT2D eigenvalue weighted by Crippen LogP contribution is -2.36. The summed E-state index contributed by atoms with van der Waals surface area (Å²) >= 11 is 11.8. The number of ether oxygens (including phenoxy) is 1. The quantitative estimate of drug-likeness (QED) is 0.850. The van der Waals surface area contributed by atoms with Crippen LogP contribution in [0.5, 0.6) is 0 Å². The lowest BCUT2D eigenvalue weighted by atomic mass is 10.1. The fraction of sp³-hybridized carbons (Fsp3) is 0.176. The maximum Gasteiger partial charge on any atom is 0.410 e. The zero-order chi connectivity index (χ0) is 17.7. The minimum atomic E-state index is -1.23. The number of halogens is 2. The van der Waals surface area contributed by atoms with Crippen LogP contribution in [0.3, 0.4) is 0 Å². The summed E-state index contributed by atoms with van der Waals surface area (Å²) < 4.78 is 5.16. The molecule has 0 fully saturated rings. The maximum atomic E-state index is 12.2. The molecule has 7 heteroatoms. The van der Waals surface area contributed by atoms with Gasteiger partial charge in [-0.3, -0.25) is 4.90 Å². The van der Waals surface area contributed by atoms with Gasteiger partial charge in [0.05, 0.1) is 10.0 Å². The van der Waals surface area contributed by atoms with Crippen molar-refractivity contribution < 1.29 is 19.4 Å². The molecule has 2 aromatic carbocycles. The molecule has 0 bridgehead atoms. The molecular weight excluding hydrogens is 353 g/mol. The number of carboxylic acid groups (broad SMARTS) is 1. The molecule has 24 heavy (non-hydrogen) atoms. The van der Waals surface area contributed by atoms with Gasteiger partial charge in [-0.2, -0.15) is 0 Å². The Kier molecular flexibility index (Phi) is 6.06. The molecular formula is C17H15Cl2NO4. The van der Waals surface area contributed by atoms with E-state index in [2.05, 4.69) is 0 Å². The first kappa shape index (κ1) is 18.1. The highest BCUT2D eigenvalue weighted by atomic mass is 35.5. The van der Waals surface area contributed by atoms with E-state index in [1.54, 1.807) is 12.1 Å². The fourth-order valence-electron chi connectivity index (χ4n) is 2.14. The van der Waals surface area contributed by atoms with Gasteiger partial charge in [-0.15, -0.1) is 0 Å². The molecule has 0 spiro atoms. The van der Waals surface area contributed by atoms with Crippen molar-refractivity contribution in [2.24, 2.45) is 0 Å². The highest BCUT2D eigenvalue weighted by molar-refractivity contribution is 6.42. The summed E-state index contributed by atoms with van der Waals surface area (Å²) in [7, 11) is 1.36. The third-order valence-corrected chi connectivity index (χ3v) is 4.11. The minimum absolute atomic E-state index is 0.0533. The van der Waals surface area contributed by atoms with Gasteiger partial charge in [-0.1, -0.05) is 59.6 Å². The van der Waals surface area contributed by atoms with Crippen molar-refractivity contribution in [1.82, 2.24) is 4.90 Å². The Morgan fingerprint density at radius 1 is 1.12 bits per heavy atom. The molecule has 5 nitrogen and oxygen atoms in total. The first-order valence-corrected chi connectivity index (χ1v) is 7.77. The average Bonchev–Trinajstić information content (AvgIpc) is 2.56. The minimum Gasteiger partial charge on any atom is -0.479 e. The second kappa shape index (κ2) is 8.04. The van der Waals surface area contributed by atoms with Crippen LogP contribution in [0.25, 0.3) is 0 Å². The molecule has 0 aliphatic heterocycles. The number of amides is 1. The van der Waals surface area contributed by atoms with Gasteiger partial charge in [-0.25, -0.2) is 9.59 Å². The van der Waals surface area contributed by atoms with Crippen LogP contribution in [0.15, 0.2) is 48.5 Å². The Balaban J connectivity index is 2.13. The molecule has 1 unspecified atom stereocenters. The lowest BCUT2D eigenvalue weighted by molar-refractivity contribution is -0.142. The molecule has 1 amide bonds. The Labute approximate surface area is 149 Å².